The fourth-order valence-corrected chi connectivity index (χ4v) is 2.27. The Hall–Kier alpha value is -3.22. The summed E-state index contributed by atoms with van der Waals surface area (Å²) in [6, 6.07) is 12.7. The lowest BCUT2D eigenvalue weighted by Gasteiger charge is -2.11. The standard InChI is InChI=1S/C17H16N4O3/c1-12-4-3-5-13(2)17(12)23-10-16(22)24-15-8-6-14(7-9-15)21-11-18-19-20-21/h3-9,11H,10H2,1-2H3. The minimum Gasteiger partial charge on any atom is -0.481 e. The molecule has 7 heteroatoms. The molecule has 0 spiro atoms. The zero-order valence-electron chi connectivity index (χ0n) is 13.3. The van der Waals surface area contributed by atoms with E-state index < -0.39 is 5.97 Å². The molecule has 0 saturated carbocycles. The van der Waals surface area contributed by atoms with Crippen molar-refractivity contribution in [3.63, 3.8) is 0 Å². The van der Waals surface area contributed by atoms with Gasteiger partial charge in [-0.05, 0) is 59.7 Å². The van der Waals surface area contributed by atoms with Gasteiger partial charge in [0.25, 0.3) is 0 Å². The van der Waals surface area contributed by atoms with E-state index in [0.29, 0.717) is 11.5 Å². The van der Waals surface area contributed by atoms with Crippen LogP contribution in [-0.4, -0.2) is 32.8 Å². The number of para-hydroxylation sites is 1. The second kappa shape index (κ2) is 6.91. The van der Waals surface area contributed by atoms with Gasteiger partial charge in [0.05, 0.1) is 5.69 Å². The van der Waals surface area contributed by atoms with Crippen LogP contribution in [-0.2, 0) is 4.79 Å². The third kappa shape index (κ3) is 3.57. The van der Waals surface area contributed by atoms with Crippen LogP contribution in [0.2, 0.25) is 0 Å². The van der Waals surface area contributed by atoms with Crippen LogP contribution in [0.1, 0.15) is 11.1 Å². The molecule has 0 aliphatic rings. The fraction of sp³-hybridized carbons (Fsp3) is 0.176. The highest BCUT2D eigenvalue weighted by atomic mass is 16.6. The molecule has 0 aliphatic heterocycles. The molecule has 0 fully saturated rings. The molecule has 1 aromatic heterocycles. The average Bonchev–Trinajstić information content (AvgIpc) is 3.09. The van der Waals surface area contributed by atoms with E-state index in [9.17, 15) is 4.79 Å². The topological polar surface area (TPSA) is 79.1 Å². The summed E-state index contributed by atoms with van der Waals surface area (Å²) >= 11 is 0. The number of hydrogen-bond acceptors (Lipinski definition) is 6. The molecular weight excluding hydrogens is 308 g/mol. The summed E-state index contributed by atoms with van der Waals surface area (Å²) < 4.78 is 12.4. The lowest BCUT2D eigenvalue weighted by atomic mass is 10.1. The average molecular weight is 324 g/mol. The number of tetrazole rings is 1. The first-order chi connectivity index (χ1) is 11.6. The molecule has 0 unspecified atom stereocenters. The van der Waals surface area contributed by atoms with Crippen molar-refractivity contribution in [1.82, 2.24) is 20.2 Å². The minimum absolute atomic E-state index is 0.152. The lowest BCUT2D eigenvalue weighted by molar-refractivity contribution is -0.136. The van der Waals surface area contributed by atoms with Gasteiger partial charge in [-0.25, -0.2) is 9.48 Å². The maximum atomic E-state index is 11.9. The van der Waals surface area contributed by atoms with Gasteiger partial charge in [0.15, 0.2) is 6.61 Å². The zero-order chi connectivity index (χ0) is 16.9. The van der Waals surface area contributed by atoms with Crippen LogP contribution in [0.5, 0.6) is 11.5 Å². The molecule has 0 bridgehead atoms. The number of ether oxygens (including phenoxy) is 2. The second-order valence-electron chi connectivity index (χ2n) is 5.23. The number of nitrogens with zero attached hydrogens (tertiary/aromatic N) is 4. The molecule has 0 N–H and O–H groups in total. The maximum Gasteiger partial charge on any atom is 0.349 e. The summed E-state index contributed by atoms with van der Waals surface area (Å²) in [7, 11) is 0. The predicted octanol–water partition coefficient (Wildman–Crippen LogP) is 2.26. The second-order valence-corrected chi connectivity index (χ2v) is 5.23. The third-order valence-electron chi connectivity index (χ3n) is 3.43. The summed E-state index contributed by atoms with van der Waals surface area (Å²) in [6.07, 6.45) is 1.49. The SMILES string of the molecule is Cc1cccc(C)c1OCC(=O)Oc1ccc(-n2cnnn2)cc1. The van der Waals surface area contributed by atoms with Gasteiger partial charge in [-0.3, -0.25) is 0 Å². The van der Waals surface area contributed by atoms with Gasteiger partial charge in [0.1, 0.15) is 17.8 Å². The number of carbonyl (C=O) groups excluding carboxylic acids is 1. The van der Waals surface area contributed by atoms with Crippen molar-refractivity contribution in [3.8, 4) is 17.2 Å². The smallest absolute Gasteiger partial charge is 0.349 e. The molecule has 3 aromatic rings. The van der Waals surface area contributed by atoms with Crippen molar-refractivity contribution in [2.24, 2.45) is 0 Å². The summed E-state index contributed by atoms with van der Waals surface area (Å²) in [5, 5.41) is 10.9. The zero-order valence-corrected chi connectivity index (χ0v) is 13.3. The van der Waals surface area contributed by atoms with E-state index in [1.807, 2.05) is 32.0 Å². The third-order valence-corrected chi connectivity index (χ3v) is 3.43. The van der Waals surface area contributed by atoms with Crippen molar-refractivity contribution < 1.29 is 14.3 Å². The lowest BCUT2D eigenvalue weighted by Crippen LogP contribution is -2.18. The molecule has 24 heavy (non-hydrogen) atoms. The van der Waals surface area contributed by atoms with Crippen molar-refractivity contribution >= 4 is 5.97 Å². The first-order valence-electron chi connectivity index (χ1n) is 7.36. The van der Waals surface area contributed by atoms with Crippen LogP contribution >= 0.6 is 0 Å². The van der Waals surface area contributed by atoms with E-state index >= 15 is 0 Å². The van der Waals surface area contributed by atoms with Crippen LogP contribution in [0, 0.1) is 13.8 Å². The Morgan fingerprint density at radius 1 is 1.08 bits per heavy atom. The van der Waals surface area contributed by atoms with E-state index in [4.69, 9.17) is 9.47 Å². The van der Waals surface area contributed by atoms with E-state index in [1.54, 1.807) is 24.3 Å². The first-order valence-corrected chi connectivity index (χ1v) is 7.36. The number of aromatic nitrogens is 4. The van der Waals surface area contributed by atoms with Crippen LogP contribution in [0.15, 0.2) is 48.8 Å². The van der Waals surface area contributed by atoms with Crippen LogP contribution < -0.4 is 9.47 Å². The van der Waals surface area contributed by atoms with Gasteiger partial charge in [-0.15, -0.1) is 5.10 Å². The predicted molar refractivity (Wildman–Crippen MR) is 86.2 cm³/mol. The van der Waals surface area contributed by atoms with Crippen molar-refractivity contribution in [1.29, 1.82) is 0 Å². The van der Waals surface area contributed by atoms with Gasteiger partial charge < -0.3 is 9.47 Å². The van der Waals surface area contributed by atoms with Crippen LogP contribution in [0.25, 0.3) is 5.69 Å². The van der Waals surface area contributed by atoms with Crippen molar-refractivity contribution in [2.75, 3.05) is 6.61 Å². The molecule has 0 radical (unpaired) electrons. The molecule has 0 amide bonds. The van der Waals surface area contributed by atoms with Gasteiger partial charge in [0.2, 0.25) is 0 Å². The molecular formula is C17H16N4O3. The first kappa shape index (κ1) is 15.7. The van der Waals surface area contributed by atoms with E-state index in [2.05, 4.69) is 15.5 Å². The molecule has 2 aromatic carbocycles. The Kier molecular flexibility index (Phi) is 4.51. The van der Waals surface area contributed by atoms with E-state index in [0.717, 1.165) is 16.8 Å². The molecule has 122 valence electrons. The van der Waals surface area contributed by atoms with Crippen molar-refractivity contribution in [3.05, 3.63) is 59.9 Å². The number of hydrogen-bond donors (Lipinski definition) is 0. The van der Waals surface area contributed by atoms with E-state index in [-0.39, 0.29) is 6.61 Å². The largest absolute Gasteiger partial charge is 0.481 e. The summed E-state index contributed by atoms with van der Waals surface area (Å²) in [5.74, 6) is 0.679. The van der Waals surface area contributed by atoms with Gasteiger partial charge in [-0.2, -0.15) is 0 Å². The number of aryl methyl sites for hydroxylation is 2. The Labute approximate surface area is 138 Å². The number of benzene rings is 2. The van der Waals surface area contributed by atoms with Crippen LogP contribution in [0.3, 0.4) is 0 Å². The Morgan fingerprint density at radius 3 is 2.42 bits per heavy atom. The van der Waals surface area contributed by atoms with Crippen LogP contribution in [0.4, 0.5) is 0 Å². The highest BCUT2D eigenvalue weighted by Crippen LogP contribution is 2.22. The summed E-state index contributed by atoms with van der Waals surface area (Å²) in [4.78, 5) is 11.9. The molecule has 0 atom stereocenters. The molecule has 0 saturated heterocycles. The minimum atomic E-state index is -0.465. The fourth-order valence-electron chi connectivity index (χ4n) is 2.27. The van der Waals surface area contributed by atoms with Gasteiger partial charge >= 0.3 is 5.97 Å². The molecule has 3 rings (SSSR count). The molecule has 0 aliphatic carbocycles. The summed E-state index contributed by atoms with van der Waals surface area (Å²) in [5.41, 5.74) is 2.73. The number of rotatable bonds is 5. The van der Waals surface area contributed by atoms with Gasteiger partial charge in [0, 0.05) is 0 Å². The quantitative estimate of drug-likeness (QED) is 0.529. The van der Waals surface area contributed by atoms with Gasteiger partial charge in [-0.1, -0.05) is 18.2 Å². The highest BCUT2D eigenvalue weighted by Gasteiger charge is 2.09. The van der Waals surface area contributed by atoms with E-state index in [1.165, 1.54) is 11.0 Å². The molecule has 1 heterocycles. The maximum absolute atomic E-state index is 11.9. The Morgan fingerprint density at radius 2 is 1.79 bits per heavy atom. The van der Waals surface area contributed by atoms with Crippen molar-refractivity contribution in [2.45, 2.75) is 13.8 Å². The normalized spacial score (nSPS) is 10.4. The monoisotopic (exact) mass is 324 g/mol. The highest BCUT2D eigenvalue weighted by molar-refractivity contribution is 5.74. The molecule has 7 nitrogen and oxygen atoms in total. The Balaban J connectivity index is 1.59. The Bertz CT molecular complexity index is 809. The summed E-state index contributed by atoms with van der Waals surface area (Å²) in [6.45, 7) is 3.72. The number of carbonyl (C=O) groups is 1. The number of esters is 1.